The van der Waals surface area contributed by atoms with E-state index in [4.69, 9.17) is 4.74 Å². The molecule has 0 unspecified atom stereocenters. The summed E-state index contributed by atoms with van der Waals surface area (Å²) in [6, 6.07) is 6.65. The van der Waals surface area contributed by atoms with E-state index in [2.05, 4.69) is 5.32 Å². The van der Waals surface area contributed by atoms with Gasteiger partial charge in [-0.25, -0.2) is 4.79 Å². The number of likely N-dealkylation sites (N-methyl/N-ethyl adjacent to an activating group) is 1. The van der Waals surface area contributed by atoms with Gasteiger partial charge in [0, 0.05) is 23.2 Å². The van der Waals surface area contributed by atoms with Crippen LogP contribution in [0.3, 0.4) is 0 Å². The summed E-state index contributed by atoms with van der Waals surface area (Å²) >= 11 is 0. The number of nitrogens with zero attached hydrogens (tertiary/aromatic N) is 2. The Morgan fingerprint density at radius 1 is 1.39 bits per heavy atom. The Morgan fingerprint density at radius 3 is 2.57 bits per heavy atom. The number of ether oxygens (including phenoxy) is 1. The van der Waals surface area contributed by atoms with Crippen molar-refractivity contribution in [1.82, 2.24) is 5.32 Å². The predicted molar refractivity (Wildman–Crippen MR) is 82.8 cm³/mol. The summed E-state index contributed by atoms with van der Waals surface area (Å²) < 4.78 is 5.16. The summed E-state index contributed by atoms with van der Waals surface area (Å²) in [5.41, 5.74) is -1.64. The standard InChI is InChI=1S/C15H19N3O5/c1-14(2,3)23-13(20)16-15(9-18(21)22)10-7-5-6-8-11(10)17(4)12(15)19/h5-8H,9H2,1-4H3,(H,16,20)/t15-/m1/s1. The van der Waals surface area contributed by atoms with Gasteiger partial charge in [-0.15, -0.1) is 0 Å². The molecule has 0 bridgehead atoms. The fourth-order valence-electron chi connectivity index (χ4n) is 2.62. The summed E-state index contributed by atoms with van der Waals surface area (Å²) in [4.78, 5) is 36.6. The van der Waals surface area contributed by atoms with Crippen molar-refractivity contribution in [3.63, 3.8) is 0 Å². The second kappa shape index (κ2) is 5.53. The minimum absolute atomic E-state index is 0.384. The van der Waals surface area contributed by atoms with Crippen LogP contribution in [0.2, 0.25) is 0 Å². The molecule has 1 aliphatic heterocycles. The molecule has 1 aromatic carbocycles. The van der Waals surface area contributed by atoms with Crippen LogP contribution >= 0.6 is 0 Å². The Kier molecular flexibility index (Phi) is 4.02. The first kappa shape index (κ1) is 16.7. The number of alkyl carbamates (subject to hydrolysis) is 1. The van der Waals surface area contributed by atoms with Gasteiger partial charge in [-0.3, -0.25) is 20.2 Å². The van der Waals surface area contributed by atoms with E-state index in [1.54, 1.807) is 45.0 Å². The van der Waals surface area contributed by atoms with Crippen LogP contribution in [0.25, 0.3) is 0 Å². The quantitative estimate of drug-likeness (QED) is 0.674. The molecule has 0 aromatic heterocycles. The number of rotatable bonds is 3. The van der Waals surface area contributed by atoms with Crippen LogP contribution in [0.4, 0.5) is 10.5 Å². The molecular weight excluding hydrogens is 302 g/mol. The van der Waals surface area contributed by atoms with E-state index in [1.165, 1.54) is 11.9 Å². The second-order valence-corrected chi connectivity index (χ2v) is 6.40. The Hall–Kier alpha value is -2.64. The SMILES string of the molecule is CN1C(=O)[C@](C[N+](=O)[O-])(NC(=O)OC(C)(C)C)c2ccccc21. The molecule has 0 spiro atoms. The van der Waals surface area contributed by atoms with Crippen molar-refractivity contribution in [2.45, 2.75) is 31.9 Å². The molecule has 0 fully saturated rings. The highest BCUT2D eigenvalue weighted by Gasteiger charge is 2.55. The highest BCUT2D eigenvalue weighted by Crippen LogP contribution is 2.39. The van der Waals surface area contributed by atoms with E-state index in [0.717, 1.165) is 0 Å². The molecule has 1 N–H and O–H groups in total. The molecule has 0 aliphatic carbocycles. The largest absolute Gasteiger partial charge is 0.444 e. The van der Waals surface area contributed by atoms with Crippen LogP contribution in [-0.4, -0.2) is 36.1 Å². The number of benzene rings is 1. The number of fused-ring (bicyclic) bond motifs is 1. The number of para-hydroxylation sites is 1. The Balaban J connectivity index is 2.47. The number of nitrogens with one attached hydrogen (secondary N) is 1. The lowest BCUT2D eigenvalue weighted by atomic mass is 9.91. The first-order valence-electron chi connectivity index (χ1n) is 7.07. The highest BCUT2D eigenvalue weighted by molar-refractivity contribution is 6.08. The molecule has 1 heterocycles. The fourth-order valence-corrected chi connectivity index (χ4v) is 2.62. The first-order chi connectivity index (χ1) is 10.6. The van der Waals surface area contributed by atoms with Gasteiger partial charge in [-0.05, 0) is 26.8 Å². The molecule has 1 aromatic rings. The van der Waals surface area contributed by atoms with E-state index in [1.807, 2.05) is 0 Å². The lowest BCUT2D eigenvalue weighted by molar-refractivity contribution is -0.488. The monoisotopic (exact) mass is 321 g/mol. The van der Waals surface area contributed by atoms with Gasteiger partial charge in [0.15, 0.2) is 0 Å². The second-order valence-electron chi connectivity index (χ2n) is 6.40. The minimum atomic E-state index is -1.77. The van der Waals surface area contributed by atoms with Crippen molar-refractivity contribution in [1.29, 1.82) is 0 Å². The van der Waals surface area contributed by atoms with Crippen molar-refractivity contribution < 1.29 is 19.2 Å². The van der Waals surface area contributed by atoms with Gasteiger partial charge in [-0.2, -0.15) is 0 Å². The summed E-state index contributed by atoms with van der Waals surface area (Å²) in [6.45, 7) is 4.25. The highest BCUT2D eigenvalue weighted by atomic mass is 16.6. The molecule has 1 atom stereocenters. The molecule has 2 rings (SSSR count). The lowest BCUT2D eigenvalue weighted by Gasteiger charge is -2.27. The maximum atomic E-state index is 12.7. The third-order valence-electron chi connectivity index (χ3n) is 3.48. The van der Waals surface area contributed by atoms with Crippen molar-refractivity contribution in [2.75, 3.05) is 18.5 Å². The summed E-state index contributed by atoms with van der Waals surface area (Å²) in [5, 5.41) is 13.6. The molecule has 0 saturated carbocycles. The van der Waals surface area contributed by atoms with Gasteiger partial charge in [0.1, 0.15) is 5.60 Å². The smallest absolute Gasteiger partial charge is 0.408 e. The molecule has 8 heteroatoms. The van der Waals surface area contributed by atoms with Crippen LogP contribution < -0.4 is 10.2 Å². The van der Waals surface area contributed by atoms with Crippen molar-refractivity contribution in [3.05, 3.63) is 39.9 Å². The van der Waals surface area contributed by atoms with Crippen LogP contribution in [0, 0.1) is 10.1 Å². The van der Waals surface area contributed by atoms with Crippen LogP contribution in [0.5, 0.6) is 0 Å². The van der Waals surface area contributed by atoms with Gasteiger partial charge in [0.05, 0.1) is 0 Å². The predicted octanol–water partition coefficient (Wildman–Crippen LogP) is 1.66. The van der Waals surface area contributed by atoms with Gasteiger partial charge in [0.2, 0.25) is 12.1 Å². The fraction of sp³-hybridized carbons (Fsp3) is 0.467. The van der Waals surface area contributed by atoms with Crippen molar-refractivity contribution >= 4 is 17.7 Å². The zero-order valence-corrected chi connectivity index (χ0v) is 13.5. The number of carbonyl (C=O) groups excluding carboxylic acids is 2. The first-order valence-corrected chi connectivity index (χ1v) is 7.07. The number of nitro groups is 1. The van der Waals surface area contributed by atoms with Gasteiger partial charge < -0.3 is 9.64 Å². The molecule has 0 radical (unpaired) electrons. The van der Waals surface area contributed by atoms with Crippen LogP contribution in [0.15, 0.2) is 24.3 Å². The van der Waals surface area contributed by atoms with E-state index in [-0.39, 0.29) is 0 Å². The topological polar surface area (TPSA) is 102 Å². The maximum absolute atomic E-state index is 12.7. The van der Waals surface area contributed by atoms with Gasteiger partial charge in [-0.1, -0.05) is 18.2 Å². The molecule has 23 heavy (non-hydrogen) atoms. The van der Waals surface area contributed by atoms with E-state index in [9.17, 15) is 19.7 Å². The molecule has 2 amide bonds. The van der Waals surface area contributed by atoms with Crippen LogP contribution in [-0.2, 0) is 15.1 Å². The van der Waals surface area contributed by atoms with Gasteiger partial charge >= 0.3 is 6.09 Å². The zero-order chi connectivity index (χ0) is 17.4. The van der Waals surface area contributed by atoms with Crippen LogP contribution in [0.1, 0.15) is 26.3 Å². The Bertz CT molecular complexity index is 667. The molecule has 0 saturated heterocycles. The number of hydrogen-bond acceptors (Lipinski definition) is 5. The minimum Gasteiger partial charge on any atom is -0.444 e. The molecule has 124 valence electrons. The zero-order valence-electron chi connectivity index (χ0n) is 13.5. The summed E-state index contributed by atoms with van der Waals surface area (Å²) in [7, 11) is 1.51. The third kappa shape index (κ3) is 3.10. The number of hydrogen-bond donors (Lipinski definition) is 1. The normalized spacial score (nSPS) is 20.2. The number of carbonyl (C=O) groups is 2. The Morgan fingerprint density at radius 2 is 2.00 bits per heavy atom. The molecular formula is C15H19N3O5. The number of anilines is 1. The van der Waals surface area contributed by atoms with Crippen molar-refractivity contribution in [3.8, 4) is 0 Å². The van der Waals surface area contributed by atoms with E-state index >= 15 is 0 Å². The number of amides is 2. The van der Waals surface area contributed by atoms with Gasteiger partial charge in [0.25, 0.3) is 5.91 Å². The molecule has 8 nitrogen and oxygen atoms in total. The van der Waals surface area contributed by atoms with E-state index in [0.29, 0.717) is 11.3 Å². The van der Waals surface area contributed by atoms with Crippen molar-refractivity contribution in [2.24, 2.45) is 0 Å². The summed E-state index contributed by atoms with van der Waals surface area (Å²) in [5.74, 6) is -0.568. The lowest BCUT2D eigenvalue weighted by Crippen LogP contribution is -2.57. The maximum Gasteiger partial charge on any atom is 0.408 e. The average Bonchev–Trinajstić information content (AvgIpc) is 2.59. The molecule has 1 aliphatic rings. The van der Waals surface area contributed by atoms with E-state index < -0.39 is 34.6 Å². The Labute approximate surface area is 133 Å². The third-order valence-corrected chi connectivity index (χ3v) is 3.48. The summed E-state index contributed by atoms with van der Waals surface area (Å²) in [6.07, 6.45) is -0.877. The average molecular weight is 321 g/mol.